The summed E-state index contributed by atoms with van der Waals surface area (Å²) in [5, 5.41) is 8.73. The lowest BCUT2D eigenvalue weighted by atomic mass is 10.1. The van der Waals surface area contributed by atoms with Crippen molar-refractivity contribution in [3.8, 4) is 0 Å². The third kappa shape index (κ3) is 5.85. The van der Waals surface area contributed by atoms with Crippen LogP contribution >= 0.6 is 0 Å². The molecule has 0 spiro atoms. The van der Waals surface area contributed by atoms with E-state index in [0.29, 0.717) is 6.54 Å². The van der Waals surface area contributed by atoms with E-state index in [2.05, 4.69) is 16.0 Å². The maximum absolute atomic E-state index is 12.0. The predicted octanol–water partition coefficient (Wildman–Crippen LogP) is 2.09. The van der Waals surface area contributed by atoms with Crippen molar-refractivity contribution in [1.29, 1.82) is 0 Å². The Hall–Kier alpha value is -2.66. The molecule has 0 bridgehead atoms. The highest BCUT2D eigenvalue weighted by atomic mass is 16.2. The summed E-state index contributed by atoms with van der Waals surface area (Å²) >= 11 is 0. The van der Waals surface area contributed by atoms with Crippen LogP contribution in [0.15, 0.2) is 54.6 Å². The number of nitrogens with one attached hydrogen (secondary N) is 3. The number of benzene rings is 2. The van der Waals surface area contributed by atoms with E-state index in [1.54, 1.807) is 0 Å². The van der Waals surface area contributed by atoms with Gasteiger partial charge in [-0.1, -0.05) is 55.5 Å². The number of anilines is 1. The first-order valence-corrected chi connectivity index (χ1v) is 8.08. The van der Waals surface area contributed by atoms with Gasteiger partial charge in [-0.05, 0) is 23.7 Å². The Bertz CT molecular complexity index is 671. The zero-order chi connectivity index (χ0) is 17.2. The molecule has 0 atom stereocenters. The fourth-order valence-corrected chi connectivity index (χ4v) is 2.27. The molecule has 5 nitrogen and oxygen atoms in total. The van der Waals surface area contributed by atoms with Crippen LogP contribution in [0.4, 0.5) is 5.69 Å². The van der Waals surface area contributed by atoms with Crippen LogP contribution in [0.3, 0.4) is 0 Å². The van der Waals surface area contributed by atoms with Gasteiger partial charge in [0, 0.05) is 12.2 Å². The molecule has 0 radical (unpaired) electrons. The lowest BCUT2D eigenvalue weighted by molar-refractivity contribution is -0.123. The molecule has 0 heterocycles. The highest BCUT2D eigenvalue weighted by molar-refractivity contribution is 5.95. The Balaban J connectivity index is 1.82. The van der Waals surface area contributed by atoms with Crippen LogP contribution < -0.4 is 16.0 Å². The van der Waals surface area contributed by atoms with E-state index in [1.807, 2.05) is 61.5 Å². The molecule has 0 aliphatic rings. The maximum atomic E-state index is 12.0. The van der Waals surface area contributed by atoms with E-state index in [1.165, 1.54) is 0 Å². The normalized spacial score (nSPS) is 10.2. The summed E-state index contributed by atoms with van der Waals surface area (Å²) in [5.74, 6) is -0.405. The fraction of sp³-hybridized carbons (Fsp3) is 0.263. The van der Waals surface area contributed by atoms with Crippen molar-refractivity contribution in [2.24, 2.45) is 0 Å². The molecule has 126 valence electrons. The van der Waals surface area contributed by atoms with Crippen LogP contribution in [0.2, 0.25) is 0 Å². The Morgan fingerprint density at radius 1 is 0.917 bits per heavy atom. The van der Waals surface area contributed by atoms with E-state index in [-0.39, 0.29) is 24.8 Å². The molecule has 2 aromatic carbocycles. The lowest BCUT2D eigenvalue weighted by Crippen LogP contribution is -2.34. The molecule has 0 saturated heterocycles. The summed E-state index contributed by atoms with van der Waals surface area (Å²) in [6, 6.07) is 17.1. The summed E-state index contributed by atoms with van der Waals surface area (Å²) in [4.78, 5) is 23.9. The van der Waals surface area contributed by atoms with Crippen LogP contribution in [0.5, 0.6) is 0 Å². The van der Waals surface area contributed by atoms with Crippen molar-refractivity contribution in [1.82, 2.24) is 10.6 Å². The van der Waals surface area contributed by atoms with Gasteiger partial charge in [0.05, 0.1) is 13.0 Å². The lowest BCUT2D eigenvalue weighted by Gasteiger charge is -2.12. The largest absolute Gasteiger partial charge is 0.347 e. The van der Waals surface area contributed by atoms with Crippen LogP contribution in [-0.2, 0) is 22.6 Å². The third-order valence-corrected chi connectivity index (χ3v) is 3.51. The molecular weight excluding hydrogens is 302 g/mol. The minimum atomic E-state index is -0.236. The van der Waals surface area contributed by atoms with Crippen molar-refractivity contribution >= 4 is 17.5 Å². The number of carbonyl (C=O) groups excluding carboxylic acids is 2. The first-order valence-electron chi connectivity index (χ1n) is 8.08. The summed E-state index contributed by atoms with van der Waals surface area (Å²) in [5.41, 5.74) is 2.70. The molecule has 2 aromatic rings. The molecule has 0 saturated carbocycles. The summed E-state index contributed by atoms with van der Waals surface area (Å²) in [7, 11) is 0. The molecule has 0 fully saturated rings. The van der Waals surface area contributed by atoms with E-state index >= 15 is 0 Å². The van der Waals surface area contributed by atoms with Gasteiger partial charge in [0.2, 0.25) is 11.8 Å². The molecule has 0 aliphatic carbocycles. The zero-order valence-corrected chi connectivity index (χ0v) is 13.8. The third-order valence-electron chi connectivity index (χ3n) is 3.51. The first kappa shape index (κ1) is 17.7. The van der Waals surface area contributed by atoms with Gasteiger partial charge in [-0.25, -0.2) is 0 Å². The van der Waals surface area contributed by atoms with E-state index < -0.39 is 0 Å². The van der Waals surface area contributed by atoms with Gasteiger partial charge in [0.15, 0.2) is 0 Å². The number of carbonyl (C=O) groups is 2. The van der Waals surface area contributed by atoms with Crippen LogP contribution in [0.25, 0.3) is 0 Å². The molecule has 0 aromatic heterocycles. The van der Waals surface area contributed by atoms with Crippen LogP contribution in [0.1, 0.15) is 18.1 Å². The quantitative estimate of drug-likeness (QED) is 0.696. The smallest absolute Gasteiger partial charge is 0.243 e. The van der Waals surface area contributed by atoms with Gasteiger partial charge in [-0.15, -0.1) is 0 Å². The minimum Gasteiger partial charge on any atom is -0.347 e. The van der Waals surface area contributed by atoms with Crippen LogP contribution in [-0.4, -0.2) is 24.9 Å². The summed E-state index contributed by atoms with van der Waals surface area (Å²) in [6.45, 7) is 3.54. The fourth-order valence-electron chi connectivity index (χ4n) is 2.27. The zero-order valence-electron chi connectivity index (χ0n) is 13.8. The van der Waals surface area contributed by atoms with Crippen molar-refractivity contribution in [2.45, 2.75) is 19.9 Å². The van der Waals surface area contributed by atoms with Crippen molar-refractivity contribution in [3.05, 3.63) is 65.7 Å². The molecule has 2 amide bonds. The Morgan fingerprint density at radius 2 is 1.62 bits per heavy atom. The van der Waals surface area contributed by atoms with Gasteiger partial charge >= 0.3 is 0 Å². The van der Waals surface area contributed by atoms with Gasteiger partial charge < -0.3 is 16.0 Å². The number of hydrogen-bond donors (Lipinski definition) is 3. The van der Waals surface area contributed by atoms with Crippen molar-refractivity contribution in [3.63, 3.8) is 0 Å². The molecule has 0 aliphatic heterocycles. The Kier molecular flexibility index (Phi) is 6.98. The number of amides is 2. The molecule has 3 N–H and O–H groups in total. The molecule has 5 heteroatoms. The highest BCUT2D eigenvalue weighted by Crippen LogP contribution is 2.14. The second kappa shape index (κ2) is 9.47. The summed E-state index contributed by atoms with van der Waals surface area (Å²) in [6.07, 6.45) is 0.269. The first-order chi connectivity index (χ1) is 11.7. The minimum absolute atomic E-state index is 0.0405. The summed E-state index contributed by atoms with van der Waals surface area (Å²) < 4.78 is 0. The topological polar surface area (TPSA) is 70.2 Å². The number of hydrogen-bond acceptors (Lipinski definition) is 3. The van der Waals surface area contributed by atoms with Gasteiger partial charge in [-0.3, -0.25) is 9.59 Å². The maximum Gasteiger partial charge on any atom is 0.243 e. The molecule has 0 unspecified atom stereocenters. The molecule has 2 rings (SSSR count). The van der Waals surface area contributed by atoms with E-state index in [0.717, 1.165) is 23.4 Å². The van der Waals surface area contributed by atoms with Gasteiger partial charge in [0.1, 0.15) is 0 Å². The Morgan fingerprint density at radius 3 is 2.38 bits per heavy atom. The van der Waals surface area contributed by atoms with Gasteiger partial charge in [-0.2, -0.15) is 0 Å². The predicted molar refractivity (Wildman–Crippen MR) is 95.6 cm³/mol. The number of para-hydroxylation sites is 1. The van der Waals surface area contributed by atoms with E-state index in [4.69, 9.17) is 0 Å². The molecule has 24 heavy (non-hydrogen) atoms. The highest BCUT2D eigenvalue weighted by Gasteiger charge is 2.08. The Labute approximate surface area is 142 Å². The standard InChI is InChI=1S/C19H23N3O2/c1-2-20-13-16-10-6-7-11-17(16)22-19(24)14-21-18(23)12-15-8-4-3-5-9-15/h3-11,20H,2,12-14H2,1H3,(H,21,23)(H,22,24). The second-order valence-electron chi connectivity index (χ2n) is 5.42. The van der Waals surface area contributed by atoms with Crippen molar-refractivity contribution < 1.29 is 9.59 Å². The molecular formula is C19H23N3O2. The monoisotopic (exact) mass is 325 g/mol. The second-order valence-corrected chi connectivity index (χ2v) is 5.42. The van der Waals surface area contributed by atoms with Gasteiger partial charge in [0.25, 0.3) is 0 Å². The average Bonchev–Trinajstić information content (AvgIpc) is 2.60. The van der Waals surface area contributed by atoms with E-state index in [9.17, 15) is 9.59 Å². The van der Waals surface area contributed by atoms with Crippen LogP contribution in [0, 0.1) is 0 Å². The van der Waals surface area contributed by atoms with Crippen molar-refractivity contribution in [2.75, 3.05) is 18.4 Å². The SMILES string of the molecule is CCNCc1ccccc1NC(=O)CNC(=O)Cc1ccccc1. The average molecular weight is 325 g/mol. The number of rotatable bonds is 8.